The van der Waals surface area contributed by atoms with Crippen molar-refractivity contribution >= 4 is 17.7 Å². The van der Waals surface area contributed by atoms with E-state index in [1.807, 2.05) is 39.0 Å². The average molecular weight is 385 g/mol. The van der Waals surface area contributed by atoms with Crippen LogP contribution in [0.5, 0.6) is 0 Å². The van der Waals surface area contributed by atoms with Crippen molar-refractivity contribution < 1.29 is 13.6 Å². The summed E-state index contributed by atoms with van der Waals surface area (Å²) in [5, 5.41) is 11.1. The Kier molecular flexibility index (Phi) is 6.34. The zero-order valence-corrected chi connectivity index (χ0v) is 16.5. The monoisotopic (exact) mass is 385 g/mol. The quantitative estimate of drug-likeness (QED) is 0.584. The molecule has 0 aliphatic rings. The molecule has 0 saturated carbocycles. The van der Waals surface area contributed by atoms with E-state index in [-0.39, 0.29) is 17.2 Å². The van der Waals surface area contributed by atoms with Crippen LogP contribution in [0.25, 0.3) is 11.5 Å². The number of rotatable bonds is 8. The number of furan rings is 1. The molecule has 0 bridgehead atoms. The van der Waals surface area contributed by atoms with E-state index in [1.165, 1.54) is 17.3 Å². The highest BCUT2D eigenvalue weighted by atomic mass is 32.2. The second kappa shape index (κ2) is 8.90. The maximum absolute atomic E-state index is 12.4. The Labute approximate surface area is 162 Å². The molecule has 0 radical (unpaired) electrons. The molecule has 142 valence electrons. The topological polar surface area (TPSA) is 81.2 Å². The predicted molar refractivity (Wildman–Crippen MR) is 104 cm³/mol. The number of amides is 1. The summed E-state index contributed by atoms with van der Waals surface area (Å²) >= 11 is 1.25. The summed E-state index contributed by atoms with van der Waals surface area (Å²) in [4.78, 5) is 12.4. The van der Waals surface area contributed by atoms with Crippen molar-refractivity contribution in [1.82, 2.24) is 15.5 Å². The Balaban J connectivity index is 1.49. The summed E-state index contributed by atoms with van der Waals surface area (Å²) in [6, 6.07) is 12.1. The molecule has 2 aromatic heterocycles. The Morgan fingerprint density at radius 3 is 2.67 bits per heavy atom. The first-order valence-corrected chi connectivity index (χ1v) is 9.80. The lowest BCUT2D eigenvalue weighted by atomic mass is 10.1. The van der Waals surface area contributed by atoms with Crippen LogP contribution in [0.15, 0.2) is 56.7 Å². The number of nitrogens with zero attached hydrogens (tertiary/aromatic N) is 2. The highest BCUT2D eigenvalue weighted by Gasteiger charge is 2.21. The number of aryl methyl sites for hydroxylation is 2. The van der Waals surface area contributed by atoms with Crippen LogP contribution in [0.1, 0.15) is 31.6 Å². The molecule has 0 fully saturated rings. The van der Waals surface area contributed by atoms with E-state index in [1.54, 1.807) is 12.3 Å². The molecular formula is C20H23N3O3S. The van der Waals surface area contributed by atoms with E-state index in [2.05, 4.69) is 27.6 Å². The molecule has 0 spiro atoms. The summed E-state index contributed by atoms with van der Waals surface area (Å²) in [6.07, 6.45) is 3.40. The third-order valence-corrected chi connectivity index (χ3v) is 5.17. The molecule has 1 aromatic carbocycles. The lowest BCUT2D eigenvalue weighted by molar-refractivity contribution is -0.120. The Bertz CT molecular complexity index is 875. The van der Waals surface area contributed by atoms with Gasteiger partial charge in [-0.25, -0.2) is 0 Å². The third kappa shape index (κ3) is 5.23. The molecule has 7 heteroatoms. The molecule has 2 unspecified atom stereocenters. The number of carbonyl (C=O) groups is 1. The van der Waals surface area contributed by atoms with E-state index in [0.29, 0.717) is 16.9 Å². The molecule has 2 heterocycles. The number of hydrogen-bond acceptors (Lipinski definition) is 6. The second-order valence-electron chi connectivity index (χ2n) is 6.46. The molecule has 2 atom stereocenters. The minimum Gasteiger partial charge on any atom is -0.469 e. The van der Waals surface area contributed by atoms with Crippen molar-refractivity contribution in [3.63, 3.8) is 0 Å². The number of benzene rings is 1. The van der Waals surface area contributed by atoms with E-state index in [0.717, 1.165) is 18.4 Å². The van der Waals surface area contributed by atoms with Gasteiger partial charge < -0.3 is 14.2 Å². The SMILES string of the molecule is Cc1occc1-c1nnc(SC(C)C(=O)NC(C)CCc2ccccc2)o1. The Morgan fingerprint density at radius 2 is 1.96 bits per heavy atom. The molecule has 1 amide bonds. The first kappa shape index (κ1) is 19.2. The van der Waals surface area contributed by atoms with Gasteiger partial charge in [0.15, 0.2) is 0 Å². The molecule has 27 heavy (non-hydrogen) atoms. The molecule has 1 N–H and O–H groups in total. The van der Waals surface area contributed by atoms with Gasteiger partial charge in [0.1, 0.15) is 5.76 Å². The molecule has 3 aromatic rings. The van der Waals surface area contributed by atoms with Gasteiger partial charge in [-0.1, -0.05) is 42.1 Å². The molecule has 3 rings (SSSR count). The normalized spacial score (nSPS) is 13.3. The van der Waals surface area contributed by atoms with Crippen LogP contribution in [-0.4, -0.2) is 27.4 Å². The Morgan fingerprint density at radius 1 is 1.19 bits per heavy atom. The summed E-state index contributed by atoms with van der Waals surface area (Å²) in [5.74, 6) is 1.07. The maximum atomic E-state index is 12.4. The fraction of sp³-hybridized carbons (Fsp3) is 0.350. The van der Waals surface area contributed by atoms with Crippen molar-refractivity contribution in [2.24, 2.45) is 0 Å². The minimum atomic E-state index is -0.331. The number of aromatic nitrogens is 2. The van der Waals surface area contributed by atoms with Crippen molar-refractivity contribution in [1.29, 1.82) is 0 Å². The van der Waals surface area contributed by atoms with Crippen LogP contribution >= 0.6 is 11.8 Å². The first-order valence-electron chi connectivity index (χ1n) is 8.92. The summed E-state index contributed by atoms with van der Waals surface area (Å²) in [5.41, 5.74) is 2.04. The van der Waals surface area contributed by atoms with Crippen LogP contribution in [0.4, 0.5) is 0 Å². The van der Waals surface area contributed by atoms with Crippen molar-refractivity contribution in [3.8, 4) is 11.5 Å². The van der Waals surface area contributed by atoms with Gasteiger partial charge in [-0.15, -0.1) is 10.2 Å². The third-order valence-electron chi connectivity index (χ3n) is 4.24. The zero-order chi connectivity index (χ0) is 19.2. The van der Waals surface area contributed by atoms with Crippen LogP contribution in [0.2, 0.25) is 0 Å². The van der Waals surface area contributed by atoms with E-state index < -0.39 is 0 Å². The average Bonchev–Trinajstić information content (AvgIpc) is 3.29. The van der Waals surface area contributed by atoms with Crippen LogP contribution < -0.4 is 5.32 Å². The van der Waals surface area contributed by atoms with Gasteiger partial charge in [-0.2, -0.15) is 0 Å². The second-order valence-corrected chi connectivity index (χ2v) is 7.75. The summed E-state index contributed by atoms with van der Waals surface area (Å²) in [7, 11) is 0. The highest BCUT2D eigenvalue weighted by Crippen LogP contribution is 2.28. The molecular weight excluding hydrogens is 362 g/mol. The molecule has 6 nitrogen and oxygen atoms in total. The molecule has 0 saturated heterocycles. The Hall–Kier alpha value is -2.54. The lowest BCUT2D eigenvalue weighted by Gasteiger charge is -2.16. The van der Waals surface area contributed by atoms with Crippen LogP contribution in [0.3, 0.4) is 0 Å². The highest BCUT2D eigenvalue weighted by molar-refractivity contribution is 8.00. The predicted octanol–water partition coefficient (Wildman–Crippen LogP) is 4.26. The fourth-order valence-electron chi connectivity index (χ4n) is 2.64. The number of thioether (sulfide) groups is 1. The van der Waals surface area contributed by atoms with Gasteiger partial charge in [0.05, 0.1) is 17.1 Å². The number of carbonyl (C=O) groups excluding carboxylic acids is 1. The largest absolute Gasteiger partial charge is 0.469 e. The van der Waals surface area contributed by atoms with Crippen LogP contribution in [-0.2, 0) is 11.2 Å². The summed E-state index contributed by atoms with van der Waals surface area (Å²) in [6.45, 7) is 5.68. The fourth-order valence-corrected chi connectivity index (χ4v) is 3.33. The van der Waals surface area contributed by atoms with Gasteiger partial charge in [-0.3, -0.25) is 4.79 Å². The number of nitrogens with one attached hydrogen (secondary N) is 1. The zero-order valence-electron chi connectivity index (χ0n) is 15.6. The van der Waals surface area contributed by atoms with Crippen molar-refractivity contribution in [2.75, 3.05) is 0 Å². The number of hydrogen-bond donors (Lipinski definition) is 1. The van der Waals surface area contributed by atoms with Gasteiger partial charge in [0, 0.05) is 6.04 Å². The minimum absolute atomic E-state index is 0.0418. The standard InChI is InChI=1S/C20H23N3O3S/c1-13(9-10-16-7-5-4-6-8-16)21-18(24)15(3)27-20-23-22-19(26-20)17-11-12-25-14(17)2/h4-8,11-13,15H,9-10H2,1-3H3,(H,21,24). The maximum Gasteiger partial charge on any atom is 0.277 e. The van der Waals surface area contributed by atoms with Gasteiger partial charge >= 0.3 is 0 Å². The van der Waals surface area contributed by atoms with Crippen molar-refractivity contribution in [3.05, 3.63) is 54.0 Å². The van der Waals surface area contributed by atoms with Gasteiger partial charge in [-0.05, 0) is 45.2 Å². The van der Waals surface area contributed by atoms with E-state index >= 15 is 0 Å². The van der Waals surface area contributed by atoms with Gasteiger partial charge in [0.2, 0.25) is 5.91 Å². The smallest absolute Gasteiger partial charge is 0.277 e. The lowest BCUT2D eigenvalue weighted by Crippen LogP contribution is -2.37. The molecule has 0 aliphatic carbocycles. The first-order chi connectivity index (χ1) is 13.0. The van der Waals surface area contributed by atoms with Gasteiger partial charge in [0.25, 0.3) is 11.1 Å². The van der Waals surface area contributed by atoms with E-state index in [4.69, 9.17) is 8.83 Å². The van der Waals surface area contributed by atoms with E-state index in [9.17, 15) is 4.79 Å². The summed E-state index contributed by atoms with van der Waals surface area (Å²) < 4.78 is 10.9. The molecule has 0 aliphatic heterocycles. The van der Waals surface area contributed by atoms with Crippen molar-refractivity contribution in [2.45, 2.75) is 50.1 Å². The van der Waals surface area contributed by atoms with Crippen LogP contribution in [0, 0.1) is 6.92 Å².